The third kappa shape index (κ3) is 2.57. The van der Waals surface area contributed by atoms with Crippen molar-refractivity contribution in [1.82, 2.24) is 9.88 Å². The molecule has 2 bridgehead atoms. The van der Waals surface area contributed by atoms with Gasteiger partial charge in [0, 0.05) is 25.7 Å². The van der Waals surface area contributed by atoms with Crippen molar-refractivity contribution in [2.75, 3.05) is 12.4 Å². The lowest BCUT2D eigenvalue weighted by Crippen LogP contribution is -2.44. The third-order valence-electron chi connectivity index (χ3n) is 4.37. The van der Waals surface area contributed by atoms with E-state index in [1.165, 1.54) is 12.8 Å². The number of fused-ring (bicyclic) bond motifs is 2. The fourth-order valence-electron chi connectivity index (χ4n) is 3.41. The maximum Gasteiger partial charge on any atom is 0.126 e. The summed E-state index contributed by atoms with van der Waals surface area (Å²) in [5.74, 6) is 0.851. The van der Waals surface area contributed by atoms with Crippen LogP contribution in [0.4, 0.5) is 5.82 Å². The van der Waals surface area contributed by atoms with Crippen LogP contribution in [0.25, 0.3) is 0 Å². The maximum atomic E-state index is 9.83. The first-order valence-corrected chi connectivity index (χ1v) is 7.32. The van der Waals surface area contributed by atoms with Crippen molar-refractivity contribution in [2.24, 2.45) is 0 Å². The highest BCUT2D eigenvalue weighted by atomic mass is 35.5. The molecule has 3 rings (SSSR count). The van der Waals surface area contributed by atoms with Gasteiger partial charge in [0.1, 0.15) is 5.82 Å². The SMILES string of the molecule is CNc1ccc(Cl)c(CN2C3CCC2CC(O)C3)n1. The molecule has 5 heteroatoms. The first-order chi connectivity index (χ1) is 9.17. The number of anilines is 1. The van der Waals surface area contributed by atoms with Gasteiger partial charge in [-0.2, -0.15) is 0 Å². The smallest absolute Gasteiger partial charge is 0.126 e. The molecule has 0 saturated carbocycles. The van der Waals surface area contributed by atoms with E-state index in [0.717, 1.165) is 35.9 Å². The fraction of sp³-hybridized carbons (Fsp3) is 0.643. The van der Waals surface area contributed by atoms with Crippen LogP contribution in [0, 0.1) is 0 Å². The van der Waals surface area contributed by atoms with Crippen LogP contribution in [0.15, 0.2) is 12.1 Å². The molecule has 2 unspecified atom stereocenters. The van der Waals surface area contributed by atoms with E-state index in [9.17, 15) is 5.11 Å². The van der Waals surface area contributed by atoms with Crippen molar-refractivity contribution in [3.63, 3.8) is 0 Å². The highest BCUT2D eigenvalue weighted by Gasteiger charge is 2.40. The second-order valence-electron chi connectivity index (χ2n) is 5.56. The van der Waals surface area contributed by atoms with Crippen molar-refractivity contribution in [2.45, 2.75) is 50.4 Å². The normalized spacial score (nSPS) is 30.6. The molecule has 4 nitrogen and oxygen atoms in total. The van der Waals surface area contributed by atoms with Crippen LogP contribution in [0.5, 0.6) is 0 Å². The molecule has 2 fully saturated rings. The van der Waals surface area contributed by atoms with Crippen LogP contribution < -0.4 is 5.32 Å². The van der Waals surface area contributed by atoms with Gasteiger partial charge in [-0.3, -0.25) is 4.90 Å². The van der Waals surface area contributed by atoms with Gasteiger partial charge in [-0.05, 0) is 37.8 Å². The molecular weight excluding hydrogens is 262 g/mol. The van der Waals surface area contributed by atoms with Crippen LogP contribution in [0.3, 0.4) is 0 Å². The first kappa shape index (κ1) is 13.2. The number of aliphatic hydroxyl groups excluding tert-OH is 1. The Morgan fingerprint density at radius 3 is 2.68 bits per heavy atom. The molecule has 1 aromatic heterocycles. The number of pyridine rings is 1. The Hall–Kier alpha value is -0.840. The molecule has 0 aliphatic carbocycles. The zero-order chi connectivity index (χ0) is 13.4. The van der Waals surface area contributed by atoms with Gasteiger partial charge in [-0.15, -0.1) is 0 Å². The van der Waals surface area contributed by atoms with E-state index < -0.39 is 0 Å². The van der Waals surface area contributed by atoms with Crippen LogP contribution in [-0.2, 0) is 6.54 Å². The Labute approximate surface area is 118 Å². The minimum Gasteiger partial charge on any atom is -0.393 e. The number of hydrogen-bond donors (Lipinski definition) is 2. The van der Waals surface area contributed by atoms with E-state index in [1.807, 2.05) is 19.2 Å². The fourth-order valence-corrected chi connectivity index (χ4v) is 3.58. The van der Waals surface area contributed by atoms with Crippen molar-refractivity contribution in [3.8, 4) is 0 Å². The highest BCUT2D eigenvalue weighted by Crippen LogP contribution is 2.37. The van der Waals surface area contributed by atoms with Gasteiger partial charge in [0.15, 0.2) is 0 Å². The summed E-state index contributed by atoms with van der Waals surface area (Å²) in [4.78, 5) is 7.03. The summed E-state index contributed by atoms with van der Waals surface area (Å²) in [6, 6.07) is 4.77. The molecule has 0 radical (unpaired) electrons. The van der Waals surface area contributed by atoms with Crippen molar-refractivity contribution in [3.05, 3.63) is 22.8 Å². The van der Waals surface area contributed by atoms with Gasteiger partial charge in [0.2, 0.25) is 0 Å². The van der Waals surface area contributed by atoms with Gasteiger partial charge < -0.3 is 10.4 Å². The lowest BCUT2D eigenvalue weighted by Gasteiger charge is -2.37. The Balaban J connectivity index is 1.78. The number of aliphatic hydroxyl groups is 1. The summed E-state index contributed by atoms with van der Waals surface area (Å²) in [5.41, 5.74) is 0.932. The van der Waals surface area contributed by atoms with Crippen LogP contribution in [0.1, 0.15) is 31.4 Å². The molecule has 2 atom stereocenters. The second-order valence-corrected chi connectivity index (χ2v) is 5.96. The average Bonchev–Trinajstić information content (AvgIpc) is 2.64. The Morgan fingerprint density at radius 2 is 2.05 bits per heavy atom. The molecule has 2 saturated heterocycles. The van der Waals surface area contributed by atoms with E-state index in [-0.39, 0.29) is 6.10 Å². The molecule has 3 heterocycles. The molecule has 2 N–H and O–H groups in total. The Morgan fingerprint density at radius 1 is 1.37 bits per heavy atom. The van der Waals surface area contributed by atoms with E-state index in [0.29, 0.717) is 12.1 Å². The van der Waals surface area contributed by atoms with E-state index in [1.54, 1.807) is 0 Å². The van der Waals surface area contributed by atoms with Crippen molar-refractivity contribution < 1.29 is 5.11 Å². The third-order valence-corrected chi connectivity index (χ3v) is 4.71. The van der Waals surface area contributed by atoms with E-state index in [4.69, 9.17) is 11.6 Å². The average molecular weight is 282 g/mol. The van der Waals surface area contributed by atoms with Crippen LogP contribution >= 0.6 is 11.6 Å². The molecule has 0 spiro atoms. The minimum atomic E-state index is -0.124. The molecule has 0 aromatic carbocycles. The number of hydrogen-bond acceptors (Lipinski definition) is 4. The van der Waals surface area contributed by atoms with Crippen molar-refractivity contribution in [1.29, 1.82) is 0 Å². The summed E-state index contributed by atoms with van der Waals surface area (Å²) >= 11 is 6.25. The zero-order valence-electron chi connectivity index (χ0n) is 11.1. The van der Waals surface area contributed by atoms with Crippen LogP contribution in [-0.4, -0.2) is 40.2 Å². The monoisotopic (exact) mass is 281 g/mol. The summed E-state index contributed by atoms with van der Waals surface area (Å²) in [6.45, 7) is 0.788. The Bertz CT molecular complexity index is 454. The highest BCUT2D eigenvalue weighted by molar-refractivity contribution is 6.31. The second kappa shape index (κ2) is 5.27. The number of aromatic nitrogens is 1. The topological polar surface area (TPSA) is 48.4 Å². The summed E-state index contributed by atoms with van der Waals surface area (Å²) in [6.07, 6.45) is 4.02. The minimum absolute atomic E-state index is 0.124. The van der Waals surface area contributed by atoms with Gasteiger partial charge in [-0.1, -0.05) is 11.6 Å². The summed E-state index contributed by atoms with van der Waals surface area (Å²) < 4.78 is 0. The number of piperidine rings is 1. The lowest BCUT2D eigenvalue weighted by molar-refractivity contribution is 0.0304. The molecule has 0 amide bonds. The van der Waals surface area contributed by atoms with E-state index in [2.05, 4.69) is 15.2 Å². The van der Waals surface area contributed by atoms with Gasteiger partial charge in [0.05, 0.1) is 16.8 Å². The largest absolute Gasteiger partial charge is 0.393 e. The number of rotatable bonds is 3. The number of halogens is 1. The first-order valence-electron chi connectivity index (χ1n) is 6.94. The van der Waals surface area contributed by atoms with Gasteiger partial charge in [0.25, 0.3) is 0 Å². The molecular formula is C14H20ClN3O. The predicted molar refractivity (Wildman–Crippen MR) is 76.4 cm³/mol. The van der Waals surface area contributed by atoms with Gasteiger partial charge >= 0.3 is 0 Å². The van der Waals surface area contributed by atoms with Crippen LogP contribution in [0.2, 0.25) is 5.02 Å². The molecule has 1 aromatic rings. The number of nitrogens with one attached hydrogen (secondary N) is 1. The summed E-state index contributed by atoms with van der Waals surface area (Å²) in [5, 5.41) is 13.6. The zero-order valence-corrected chi connectivity index (χ0v) is 11.9. The number of nitrogens with zero attached hydrogens (tertiary/aromatic N) is 2. The lowest BCUT2D eigenvalue weighted by atomic mass is 10.00. The predicted octanol–water partition coefficient (Wildman–Crippen LogP) is 2.26. The summed E-state index contributed by atoms with van der Waals surface area (Å²) in [7, 11) is 1.86. The standard InChI is InChI=1S/C14H20ClN3O/c1-16-14-5-4-12(15)13(17-14)8-18-9-2-3-10(18)7-11(19)6-9/h4-5,9-11,19H,2-3,6-8H2,1H3,(H,16,17). The molecule has 104 valence electrons. The molecule has 2 aliphatic rings. The van der Waals surface area contributed by atoms with Crippen molar-refractivity contribution >= 4 is 17.4 Å². The van der Waals surface area contributed by atoms with Gasteiger partial charge in [-0.25, -0.2) is 4.98 Å². The maximum absolute atomic E-state index is 9.83. The Kier molecular flexibility index (Phi) is 3.65. The molecule has 2 aliphatic heterocycles. The molecule has 19 heavy (non-hydrogen) atoms. The quantitative estimate of drug-likeness (QED) is 0.892. The van der Waals surface area contributed by atoms with E-state index >= 15 is 0 Å².